The normalized spacial score (nSPS) is 10.9. The molecule has 2 aromatic carbocycles. The number of benzene rings is 2. The lowest BCUT2D eigenvalue weighted by molar-refractivity contribution is 0.414. The van der Waals surface area contributed by atoms with Crippen molar-refractivity contribution in [3.05, 3.63) is 112 Å². The molecule has 0 fully saturated rings. The van der Waals surface area contributed by atoms with Gasteiger partial charge in [0, 0.05) is 42.9 Å². The molecule has 0 N–H and O–H groups in total. The Hall–Kier alpha value is -3.59. The van der Waals surface area contributed by atoms with E-state index in [1.54, 1.807) is 25.7 Å². The van der Waals surface area contributed by atoms with Gasteiger partial charge in [-0.1, -0.05) is 30.0 Å². The van der Waals surface area contributed by atoms with E-state index in [4.69, 9.17) is 4.74 Å². The summed E-state index contributed by atoms with van der Waals surface area (Å²) >= 11 is 1.30. The number of hydrogen-bond acceptors (Lipinski definition) is 6. The van der Waals surface area contributed by atoms with Gasteiger partial charge in [-0.05, 0) is 47.4 Å². The molecule has 0 aliphatic rings. The molecule has 34 heavy (non-hydrogen) atoms. The lowest BCUT2D eigenvalue weighted by Gasteiger charge is -2.14. The third-order valence-electron chi connectivity index (χ3n) is 5.19. The van der Waals surface area contributed by atoms with Crippen molar-refractivity contribution in [3.63, 3.8) is 0 Å². The third kappa shape index (κ3) is 6.05. The number of aryl methyl sites for hydroxylation is 2. The first kappa shape index (κ1) is 23.6. The lowest BCUT2D eigenvalue weighted by Crippen LogP contribution is -2.20. The van der Waals surface area contributed by atoms with Gasteiger partial charge in [0.2, 0.25) is 0 Å². The van der Waals surface area contributed by atoms with Crippen LogP contribution in [0.2, 0.25) is 0 Å². The summed E-state index contributed by atoms with van der Waals surface area (Å²) in [5.74, 6) is -0.664. The van der Waals surface area contributed by atoms with Gasteiger partial charge in [-0.25, -0.2) is 18.7 Å². The summed E-state index contributed by atoms with van der Waals surface area (Å²) in [6.07, 6.45) is 7.65. The second-order valence-corrected chi connectivity index (χ2v) is 8.55. The Morgan fingerprint density at radius 2 is 1.71 bits per heavy atom. The van der Waals surface area contributed by atoms with Crippen LogP contribution in [0.4, 0.5) is 8.78 Å². The van der Waals surface area contributed by atoms with Gasteiger partial charge in [0.05, 0.1) is 7.11 Å². The summed E-state index contributed by atoms with van der Waals surface area (Å²) in [7, 11) is 1.62. The van der Waals surface area contributed by atoms with Crippen molar-refractivity contribution in [2.24, 2.45) is 0 Å². The van der Waals surface area contributed by atoms with E-state index in [2.05, 4.69) is 15.0 Å². The molecule has 2 aromatic heterocycles. The average molecular weight is 481 g/mol. The predicted octanol–water partition coefficient (Wildman–Crippen LogP) is 4.45. The molecule has 4 rings (SSSR count). The fourth-order valence-corrected chi connectivity index (χ4v) is 4.31. The van der Waals surface area contributed by atoms with Crippen LogP contribution in [0, 0.1) is 11.6 Å². The van der Waals surface area contributed by atoms with E-state index < -0.39 is 11.6 Å². The maximum Gasteiger partial charge on any atom is 0.277 e. The molecule has 174 valence electrons. The molecule has 0 unspecified atom stereocenters. The molecular weight excluding hydrogens is 458 g/mol. The summed E-state index contributed by atoms with van der Waals surface area (Å²) in [6.45, 7) is 0.581. The molecule has 0 aliphatic heterocycles. The largest absolute Gasteiger partial charge is 0.497 e. The van der Waals surface area contributed by atoms with Gasteiger partial charge in [-0.15, -0.1) is 0 Å². The van der Waals surface area contributed by atoms with E-state index in [0.29, 0.717) is 41.4 Å². The number of nitrogens with zero attached hydrogens (tertiary/aromatic N) is 4. The molecule has 0 amide bonds. The van der Waals surface area contributed by atoms with Gasteiger partial charge >= 0.3 is 0 Å². The van der Waals surface area contributed by atoms with E-state index in [9.17, 15) is 13.6 Å². The molecule has 4 aromatic rings. The zero-order valence-electron chi connectivity index (χ0n) is 18.4. The minimum atomic E-state index is -0.900. The highest BCUT2D eigenvalue weighted by Crippen LogP contribution is 2.23. The van der Waals surface area contributed by atoms with Gasteiger partial charge in [-0.3, -0.25) is 4.79 Å². The minimum absolute atomic E-state index is 0.336. The Labute approximate surface area is 199 Å². The number of hydrogen-bond donors (Lipinski definition) is 0. The number of methoxy groups -OCH3 is 1. The predicted molar refractivity (Wildman–Crippen MR) is 126 cm³/mol. The van der Waals surface area contributed by atoms with Gasteiger partial charge in [0.15, 0.2) is 16.8 Å². The topological polar surface area (TPSA) is 69.9 Å². The number of thioether (sulfide) groups is 1. The molecule has 0 spiro atoms. The van der Waals surface area contributed by atoms with Crippen LogP contribution in [0.25, 0.3) is 0 Å². The minimum Gasteiger partial charge on any atom is -0.497 e. The number of rotatable bonds is 9. The van der Waals surface area contributed by atoms with Gasteiger partial charge in [0.25, 0.3) is 5.56 Å². The Morgan fingerprint density at radius 3 is 2.41 bits per heavy atom. The Morgan fingerprint density at radius 1 is 0.971 bits per heavy atom. The van der Waals surface area contributed by atoms with Gasteiger partial charge in [0.1, 0.15) is 12.1 Å². The second kappa shape index (κ2) is 11.0. The Bertz CT molecular complexity index is 1320. The fourth-order valence-electron chi connectivity index (χ4n) is 3.38. The maximum atomic E-state index is 13.6. The molecular formula is C25H22F2N4O2S. The van der Waals surface area contributed by atoms with Gasteiger partial charge < -0.3 is 9.30 Å². The van der Waals surface area contributed by atoms with Crippen LogP contribution in [-0.2, 0) is 25.1 Å². The van der Waals surface area contributed by atoms with Crippen molar-refractivity contribution in [2.75, 3.05) is 7.11 Å². The van der Waals surface area contributed by atoms with Crippen molar-refractivity contribution >= 4 is 11.8 Å². The maximum absolute atomic E-state index is 13.6. The van der Waals surface area contributed by atoms with E-state index in [1.807, 2.05) is 28.8 Å². The molecule has 0 saturated carbocycles. The highest BCUT2D eigenvalue weighted by molar-refractivity contribution is 7.98. The van der Waals surface area contributed by atoms with Crippen LogP contribution in [-0.4, -0.2) is 26.6 Å². The number of halogens is 2. The van der Waals surface area contributed by atoms with Crippen LogP contribution >= 0.6 is 11.8 Å². The van der Waals surface area contributed by atoms with Crippen LogP contribution in [0.5, 0.6) is 5.75 Å². The highest BCUT2D eigenvalue weighted by Gasteiger charge is 2.12. The van der Waals surface area contributed by atoms with Crippen LogP contribution in [0.15, 0.2) is 77.3 Å². The Kier molecular flexibility index (Phi) is 7.64. The van der Waals surface area contributed by atoms with E-state index in [1.165, 1.54) is 24.2 Å². The monoisotopic (exact) mass is 480 g/mol. The van der Waals surface area contributed by atoms with E-state index >= 15 is 0 Å². The molecule has 0 atom stereocenters. The second-order valence-electron chi connectivity index (χ2n) is 7.61. The quantitative estimate of drug-likeness (QED) is 0.261. The molecule has 0 saturated heterocycles. The van der Waals surface area contributed by atoms with Crippen LogP contribution in [0.1, 0.15) is 22.3 Å². The van der Waals surface area contributed by atoms with Gasteiger partial charge in [-0.2, -0.15) is 4.98 Å². The zero-order chi connectivity index (χ0) is 23.9. The zero-order valence-corrected chi connectivity index (χ0v) is 19.3. The molecule has 2 heterocycles. The standard InChI is InChI=1S/C25H22F2N4O2S/c1-33-21-5-2-17(3-6-21)8-9-31-14-20(10-19-12-28-16-29-13-19)24(32)30-25(31)34-15-18-4-7-22(26)23(27)11-18/h2-7,11-14,16H,8-10,15H2,1H3. The van der Waals surface area contributed by atoms with Crippen molar-refractivity contribution in [1.82, 2.24) is 19.5 Å². The van der Waals surface area contributed by atoms with Crippen LogP contribution in [0.3, 0.4) is 0 Å². The smallest absolute Gasteiger partial charge is 0.277 e. The van der Waals surface area contributed by atoms with Crippen molar-refractivity contribution in [2.45, 2.75) is 30.3 Å². The summed E-state index contributed by atoms with van der Waals surface area (Å²) in [5.41, 5.74) is 2.71. The SMILES string of the molecule is COc1ccc(CCn2cc(Cc3cncnc3)c(=O)nc2SCc2ccc(F)c(F)c2)cc1. The van der Waals surface area contributed by atoms with E-state index in [-0.39, 0.29) is 5.56 Å². The molecule has 0 radical (unpaired) electrons. The fraction of sp³-hybridized carbons (Fsp3) is 0.200. The highest BCUT2D eigenvalue weighted by atomic mass is 32.2. The summed E-state index contributed by atoms with van der Waals surface area (Å²) in [5, 5.41) is 0.510. The van der Waals surface area contributed by atoms with Crippen molar-refractivity contribution in [1.29, 1.82) is 0 Å². The van der Waals surface area contributed by atoms with Crippen molar-refractivity contribution < 1.29 is 13.5 Å². The third-order valence-corrected chi connectivity index (χ3v) is 6.25. The first-order chi connectivity index (χ1) is 16.5. The summed E-state index contributed by atoms with van der Waals surface area (Å²) in [4.78, 5) is 25.1. The summed E-state index contributed by atoms with van der Waals surface area (Å²) < 4.78 is 34.0. The van der Waals surface area contributed by atoms with Crippen molar-refractivity contribution in [3.8, 4) is 5.75 Å². The number of ether oxygens (including phenoxy) is 1. The Balaban J connectivity index is 1.58. The molecule has 9 heteroatoms. The van der Waals surface area contributed by atoms with E-state index in [0.717, 1.165) is 29.0 Å². The number of aromatic nitrogens is 4. The summed E-state index contributed by atoms with van der Waals surface area (Å²) in [6, 6.07) is 11.6. The first-order valence-corrected chi connectivity index (χ1v) is 11.5. The average Bonchev–Trinajstić information content (AvgIpc) is 2.86. The molecule has 0 aliphatic carbocycles. The lowest BCUT2D eigenvalue weighted by atomic mass is 10.1. The molecule has 6 nitrogen and oxygen atoms in total. The van der Waals surface area contributed by atoms with Crippen LogP contribution < -0.4 is 10.3 Å². The molecule has 0 bridgehead atoms. The first-order valence-electron chi connectivity index (χ1n) is 10.6.